The number of carbonyl (C=O) groups excluding carboxylic acids is 1. The molecule has 138 valence electrons. The zero-order valence-corrected chi connectivity index (χ0v) is 14.7. The highest BCUT2D eigenvalue weighted by Gasteiger charge is 2.14. The minimum Gasteiger partial charge on any atom is -0.454 e. The predicted molar refractivity (Wildman–Crippen MR) is 97.9 cm³/mol. The second-order valence-corrected chi connectivity index (χ2v) is 6.72. The smallest absolute Gasteiger partial charge is 0.271 e. The van der Waals surface area contributed by atoms with Crippen molar-refractivity contribution >= 4 is 34.4 Å². The van der Waals surface area contributed by atoms with E-state index in [1.54, 1.807) is 6.07 Å². The molecule has 1 aromatic heterocycles. The third kappa shape index (κ3) is 3.80. The van der Waals surface area contributed by atoms with Crippen LogP contribution in [0.2, 0.25) is 0 Å². The van der Waals surface area contributed by atoms with E-state index in [1.165, 1.54) is 23.9 Å². The number of benzene rings is 2. The van der Waals surface area contributed by atoms with Crippen molar-refractivity contribution in [3.8, 4) is 11.5 Å². The number of ether oxygens (including phenoxy) is 2. The Morgan fingerprint density at radius 2 is 2.11 bits per heavy atom. The highest BCUT2D eigenvalue weighted by molar-refractivity contribution is 7.99. The van der Waals surface area contributed by atoms with Gasteiger partial charge < -0.3 is 19.8 Å². The summed E-state index contributed by atoms with van der Waals surface area (Å²) in [5.74, 6) is 1.40. The number of H-pyrrole nitrogens is 1. The number of imidazole rings is 1. The van der Waals surface area contributed by atoms with Crippen LogP contribution < -0.4 is 14.8 Å². The molecule has 10 heteroatoms. The molecule has 1 aliphatic rings. The third-order valence-electron chi connectivity index (χ3n) is 3.92. The predicted octanol–water partition coefficient (Wildman–Crippen LogP) is 2.61. The number of amides is 1. The summed E-state index contributed by atoms with van der Waals surface area (Å²) < 4.78 is 10.6. The van der Waals surface area contributed by atoms with E-state index in [2.05, 4.69) is 15.3 Å². The van der Waals surface area contributed by atoms with E-state index in [0.29, 0.717) is 34.2 Å². The maximum atomic E-state index is 12.1. The number of rotatable bonds is 6. The van der Waals surface area contributed by atoms with Crippen molar-refractivity contribution in [1.29, 1.82) is 0 Å². The number of nitrogens with zero attached hydrogens (tertiary/aromatic N) is 2. The molecule has 2 aromatic carbocycles. The van der Waals surface area contributed by atoms with Crippen molar-refractivity contribution < 1.29 is 19.2 Å². The van der Waals surface area contributed by atoms with Crippen molar-refractivity contribution in [2.24, 2.45) is 0 Å². The molecule has 0 bridgehead atoms. The van der Waals surface area contributed by atoms with Crippen LogP contribution in [0.5, 0.6) is 11.5 Å². The summed E-state index contributed by atoms with van der Waals surface area (Å²) in [6.07, 6.45) is 0. The van der Waals surface area contributed by atoms with Crippen LogP contribution in [0.3, 0.4) is 0 Å². The summed E-state index contributed by atoms with van der Waals surface area (Å²) >= 11 is 1.23. The maximum absolute atomic E-state index is 12.1. The summed E-state index contributed by atoms with van der Waals surface area (Å²) in [6.45, 7) is 0.588. The number of hydrogen-bond donors (Lipinski definition) is 2. The van der Waals surface area contributed by atoms with Crippen LogP contribution in [-0.4, -0.2) is 33.3 Å². The number of fused-ring (bicyclic) bond motifs is 2. The molecule has 1 aliphatic heterocycles. The molecule has 0 fully saturated rings. The summed E-state index contributed by atoms with van der Waals surface area (Å²) in [7, 11) is 0. The first-order valence-corrected chi connectivity index (χ1v) is 8.99. The molecule has 0 atom stereocenters. The Morgan fingerprint density at radius 3 is 2.96 bits per heavy atom. The molecule has 0 aliphatic carbocycles. The number of carbonyl (C=O) groups is 1. The highest BCUT2D eigenvalue weighted by Crippen LogP contribution is 2.32. The monoisotopic (exact) mass is 386 g/mol. The molecule has 2 N–H and O–H groups in total. The van der Waals surface area contributed by atoms with Crippen LogP contribution in [0, 0.1) is 10.1 Å². The van der Waals surface area contributed by atoms with Gasteiger partial charge in [-0.15, -0.1) is 0 Å². The molecule has 4 rings (SSSR count). The van der Waals surface area contributed by atoms with E-state index in [4.69, 9.17) is 9.47 Å². The number of aromatic amines is 1. The average molecular weight is 386 g/mol. The lowest BCUT2D eigenvalue weighted by Gasteiger charge is -2.05. The van der Waals surface area contributed by atoms with Crippen molar-refractivity contribution in [1.82, 2.24) is 15.3 Å². The van der Waals surface area contributed by atoms with Gasteiger partial charge in [0.05, 0.1) is 21.7 Å². The Morgan fingerprint density at radius 1 is 1.26 bits per heavy atom. The molecule has 0 radical (unpaired) electrons. The first kappa shape index (κ1) is 17.2. The first-order chi connectivity index (χ1) is 13.1. The summed E-state index contributed by atoms with van der Waals surface area (Å²) in [5, 5.41) is 14.2. The van der Waals surface area contributed by atoms with Gasteiger partial charge in [-0.05, 0) is 23.8 Å². The largest absolute Gasteiger partial charge is 0.454 e. The highest BCUT2D eigenvalue weighted by atomic mass is 32.2. The zero-order chi connectivity index (χ0) is 18.8. The van der Waals surface area contributed by atoms with Crippen LogP contribution >= 0.6 is 11.8 Å². The van der Waals surface area contributed by atoms with Crippen LogP contribution in [0.25, 0.3) is 11.0 Å². The van der Waals surface area contributed by atoms with Crippen LogP contribution in [0.15, 0.2) is 41.6 Å². The van der Waals surface area contributed by atoms with Crippen LogP contribution in [0.1, 0.15) is 5.56 Å². The summed E-state index contributed by atoms with van der Waals surface area (Å²) in [4.78, 5) is 29.7. The number of nitro groups is 1. The fraction of sp³-hybridized carbons (Fsp3) is 0.176. The number of thioether (sulfide) groups is 1. The van der Waals surface area contributed by atoms with E-state index in [0.717, 1.165) is 5.56 Å². The lowest BCUT2D eigenvalue weighted by atomic mass is 10.2. The van der Waals surface area contributed by atoms with Gasteiger partial charge in [0, 0.05) is 18.7 Å². The number of hydrogen-bond acceptors (Lipinski definition) is 7. The normalized spacial score (nSPS) is 12.3. The summed E-state index contributed by atoms with van der Waals surface area (Å²) in [5.41, 5.74) is 2.08. The van der Waals surface area contributed by atoms with Gasteiger partial charge in [0.25, 0.3) is 5.69 Å². The summed E-state index contributed by atoms with van der Waals surface area (Å²) in [6, 6.07) is 9.91. The molecule has 0 saturated heterocycles. The van der Waals surface area contributed by atoms with E-state index in [-0.39, 0.29) is 24.1 Å². The number of aromatic nitrogens is 2. The van der Waals surface area contributed by atoms with Crippen LogP contribution in [-0.2, 0) is 11.3 Å². The zero-order valence-electron chi connectivity index (χ0n) is 13.9. The lowest BCUT2D eigenvalue weighted by Crippen LogP contribution is -2.24. The van der Waals surface area contributed by atoms with Gasteiger partial charge in [0.2, 0.25) is 12.7 Å². The number of non-ortho nitro benzene ring substituents is 1. The molecular weight excluding hydrogens is 372 g/mol. The van der Waals surface area contributed by atoms with Gasteiger partial charge in [-0.1, -0.05) is 17.8 Å². The average Bonchev–Trinajstić information content (AvgIpc) is 3.29. The number of nitro benzene ring substituents is 1. The molecule has 1 amide bonds. The van der Waals surface area contributed by atoms with Gasteiger partial charge >= 0.3 is 0 Å². The maximum Gasteiger partial charge on any atom is 0.271 e. The number of nitrogens with one attached hydrogen (secondary N) is 2. The third-order valence-corrected chi connectivity index (χ3v) is 4.79. The molecule has 0 saturated carbocycles. The molecular formula is C17H14N4O5S. The molecule has 2 heterocycles. The Balaban J connectivity index is 1.32. The van der Waals surface area contributed by atoms with Gasteiger partial charge in [0.15, 0.2) is 16.7 Å². The van der Waals surface area contributed by atoms with Gasteiger partial charge in [-0.3, -0.25) is 14.9 Å². The Bertz CT molecular complexity index is 1040. The molecule has 0 spiro atoms. The topological polar surface area (TPSA) is 119 Å². The van der Waals surface area contributed by atoms with Gasteiger partial charge in [0.1, 0.15) is 0 Å². The fourth-order valence-electron chi connectivity index (χ4n) is 2.59. The van der Waals surface area contributed by atoms with Crippen LogP contribution in [0.4, 0.5) is 5.69 Å². The Kier molecular flexibility index (Phi) is 4.55. The van der Waals surface area contributed by atoms with Gasteiger partial charge in [-0.2, -0.15) is 0 Å². The minimum atomic E-state index is -0.462. The van der Waals surface area contributed by atoms with Crippen molar-refractivity contribution in [3.05, 3.63) is 52.1 Å². The van der Waals surface area contributed by atoms with Crippen molar-refractivity contribution in [3.63, 3.8) is 0 Å². The van der Waals surface area contributed by atoms with E-state index in [9.17, 15) is 14.9 Å². The quantitative estimate of drug-likeness (QED) is 0.380. The standard InChI is InChI=1S/C17H14N4O5S/c22-16(18-7-10-1-4-14-15(5-10)26-9-25-14)8-27-17-19-12-3-2-11(21(23)24)6-13(12)20-17/h1-6H,7-9H2,(H,18,22)(H,19,20). The Hall–Kier alpha value is -3.27. The minimum absolute atomic E-state index is 0.0100. The van der Waals surface area contributed by atoms with E-state index >= 15 is 0 Å². The van der Waals surface area contributed by atoms with Gasteiger partial charge in [-0.25, -0.2) is 4.98 Å². The van der Waals surface area contributed by atoms with Crippen molar-refractivity contribution in [2.45, 2.75) is 11.7 Å². The molecule has 0 unspecified atom stereocenters. The molecule has 3 aromatic rings. The second kappa shape index (κ2) is 7.16. The lowest BCUT2D eigenvalue weighted by molar-refractivity contribution is -0.384. The van der Waals surface area contributed by atoms with E-state index < -0.39 is 4.92 Å². The molecule has 27 heavy (non-hydrogen) atoms. The second-order valence-electron chi connectivity index (χ2n) is 5.75. The molecule has 9 nitrogen and oxygen atoms in total. The fourth-order valence-corrected chi connectivity index (χ4v) is 3.31. The van der Waals surface area contributed by atoms with E-state index in [1.807, 2.05) is 18.2 Å². The Labute approximate surface area is 157 Å². The first-order valence-electron chi connectivity index (χ1n) is 8.01. The SMILES string of the molecule is O=C(CSc1nc2ccc([N+](=O)[O-])cc2[nH]1)NCc1ccc2c(c1)OCO2. The van der Waals surface area contributed by atoms with Crippen molar-refractivity contribution in [2.75, 3.05) is 12.5 Å².